The lowest BCUT2D eigenvalue weighted by Gasteiger charge is -2.21. The lowest BCUT2D eigenvalue weighted by molar-refractivity contribution is -0.147. The van der Waals surface area contributed by atoms with Gasteiger partial charge in [0, 0.05) is 6.92 Å². The maximum atomic E-state index is 11.1. The monoisotopic (exact) mass is 253 g/mol. The third-order valence-corrected chi connectivity index (χ3v) is 2.34. The van der Waals surface area contributed by atoms with Crippen molar-refractivity contribution in [1.82, 2.24) is 0 Å². The third-order valence-electron chi connectivity index (χ3n) is 2.24. The Morgan fingerprint density at radius 2 is 1.88 bits per heavy atom. The lowest BCUT2D eigenvalue weighted by atomic mass is 10.0. The van der Waals surface area contributed by atoms with Crippen LogP contribution in [-0.4, -0.2) is 17.2 Å². The van der Waals surface area contributed by atoms with Crippen LogP contribution < -0.4 is 0 Å². The Morgan fingerprint density at radius 3 is 2.35 bits per heavy atom. The van der Waals surface area contributed by atoms with Crippen molar-refractivity contribution in [3.63, 3.8) is 0 Å². The highest BCUT2D eigenvalue weighted by atomic mass is 35.5. The summed E-state index contributed by atoms with van der Waals surface area (Å²) in [5.74, 6) is -0.326. The van der Waals surface area contributed by atoms with Crippen LogP contribution in [0.3, 0.4) is 0 Å². The number of ether oxygens (including phenoxy) is 1. The van der Waals surface area contributed by atoms with E-state index >= 15 is 0 Å². The number of carbonyl (C=O) groups is 1. The molecule has 0 saturated carbocycles. The highest BCUT2D eigenvalue weighted by Gasteiger charge is 2.21. The van der Waals surface area contributed by atoms with E-state index in [1.165, 1.54) is 6.92 Å². The largest absolute Gasteiger partial charge is 0.455 e. The Labute approximate surface area is 106 Å². The molecule has 1 aromatic carbocycles. The van der Waals surface area contributed by atoms with Crippen molar-refractivity contribution >= 4 is 22.7 Å². The van der Waals surface area contributed by atoms with Crippen LogP contribution in [0.5, 0.6) is 0 Å². The SMILES string of the molecule is CC(=O)OC(c1ccccc1)C(C)N=C(C)Cl. The summed E-state index contributed by atoms with van der Waals surface area (Å²) in [6, 6.07) is 9.31. The Kier molecular flexibility index (Phi) is 5.16. The molecule has 0 aliphatic heterocycles. The normalized spacial score (nSPS) is 15.2. The average molecular weight is 254 g/mol. The van der Waals surface area contributed by atoms with Gasteiger partial charge in [0.2, 0.25) is 0 Å². The Bertz CT molecular complexity index is 399. The quantitative estimate of drug-likeness (QED) is 0.610. The molecule has 3 nitrogen and oxygen atoms in total. The lowest BCUT2D eigenvalue weighted by Crippen LogP contribution is -2.19. The second-order valence-electron chi connectivity index (χ2n) is 3.81. The van der Waals surface area contributed by atoms with E-state index in [-0.39, 0.29) is 12.0 Å². The van der Waals surface area contributed by atoms with Crippen LogP contribution in [0.15, 0.2) is 35.3 Å². The van der Waals surface area contributed by atoms with E-state index in [0.717, 1.165) is 5.56 Å². The topological polar surface area (TPSA) is 38.7 Å². The van der Waals surface area contributed by atoms with Gasteiger partial charge in [-0.15, -0.1) is 0 Å². The van der Waals surface area contributed by atoms with Crippen LogP contribution in [0.4, 0.5) is 0 Å². The zero-order valence-electron chi connectivity index (χ0n) is 10.2. The van der Waals surface area contributed by atoms with Crippen LogP contribution >= 0.6 is 11.6 Å². The average Bonchev–Trinajstić information content (AvgIpc) is 2.25. The van der Waals surface area contributed by atoms with Crippen molar-refractivity contribution in [3.05, 3.63) is 35.9 Å². The fourth-order valence-corrected chi connectivity index (χ4v) is 1.77. The molecule has 0 N–H and O–H groups in total. The molecule has 4 heteroatoms. The van der Waals surface area contributed by atoms with Crippen molar-refractivity contribution in [2.45, 2.75) is 32.9 Å². The summed E-state index contributed by atoms with van der Waals surface area (Å²) < 4.78 is 5.29. The van der Waals surface area contributed by atoms with Crippen molar-refractivity contribution in [2.75, 3.05) is 0 Å². The van der Waals surface area contributed by atoms with Gasteiger partial charge in [0.1, 0.15) is 6.10 Å². The molecule has 0 heterocycles. The Morgan fingerprint density at radius 1 is 1.29 bits per heavy atom. The van der Waals surface area contributed by atoms with Gasteiger partial charge in [-0.1, -0.05) is 41.9 Å². The van der Waals surface area contributed by atoms with Crippen molar-refractivity contribution in [2.24, 2.45) is 4.99 Å². The van der Waals surface area contributed by atoms with Gasteiger partial charge in [-0.3, -0.25) is 9.79 Å². The summed E-state index contributed by atoms with van der Waals surface area (Å²) >= 11 is 5.75. The first kappa shape index (κ1) is 13.7. The zero-order valence-corrected chi connectivity index (χ0v) is 10.9. The van der Waals surface area contributed by atoms with Gasteiger partial charge < -0.3 is 4.74 Å². The summed E-state index contributed by atoms with van der Waals surface area (Å²) in [6.07, 6.45) is -0.401. The van der Waals surface area contributed by atoms with Crippen molar-refractivity contribution < 1.29 is 9.53 Å². The van der Waals surface area contributed by atoms with Crippen molar-refractivity contribution in [1.29, 1.82) is 0 Å². The number of rotatable bonds is 4. The number of nitrogens with zero attached hydrogens (tertiary/aromatic N) is 1. The molecule has 17 heavy (non-hydrogen) atoms. The third kappa shape index (κ3) is 4.57. The van der Waals surface area contributed by atoms with E-state index < -0.39 is 6.10 Å². The molecule has 2 atom stereocenters. The molecule has 0 spiro atoms. The maximum absolute atomic E-state index is 11.1. The summed E-state index contributed by atoms with van der Waals surface area (Å²) in [5, 5.41) is 0.450. The summed E-state index contributed by atoms with van der Waals surface area (Å²) in [6.45, 7) is 4.96. The smallest absolute Gasteiger partial charge is 0.303 e. The highest BCUT2D eigenvalue weighted by Crippen LogP contribution is 2.23. The van der Waals surface area contributed by atoms with E-state index in [9.17, 15) is 4.79 Å². The number of halogens is 1. The van der Waals surface area contributed by atoms with Gasteiger partial charge in [0.25, 0.3) is 0 Å². The van der Waals surface area contributed by atoms with Gasteiger partial charge in [0.05, 0.1) is 11.2 Å². The number of carbonyl (C=O) groups excluding carboxylic acids is 1. The number of benzene rings is 1. The van der Waals surface area contributed by atoms with E-state index in [1.54, 1.807) is 6.92 Å². The predicted molar refractivity (Wildman–Crippen MR) is 69.4 cm³/mol. The van der Waals surface area contributed by atoms with E-state index in [1.807, 2.05) is 37.3 Å². The minimum atomic E-state index is -0.401. The van der Waals surface area contributed by atoms with E-state index in [4.69, 9.17) is 16.3 Å². The van der Waals surface area contributed by atoms with Gasteiger partial charge in [0.15, 0.2) is 0 Å². The van der Waals surface area contributed by atoms with Gasteiger partial charge in [-0.05, 0) is 19.4 Å². The highest BCUT2D eigenvalue weighted by molar-refractivity contribution is 6.64. The van der Waals surface area contributed by atoms with Gasteiger partial charge in [-0.25, -0.2) is 0 Å². The summed E-state index contributed by atoms with van der Waals surface area (Å²) in [7, 11) is 0. The van der Waals surface area contributed by atoms with Crippen molar-refractivity contribution in [3.8, 4) is 0 Å². The molecule has 1 rings (SSSR count). The van der Waals surface area contributed by atoms with Crippen LogP contribution in [0.1, 0.15) is 32.4 Å². The first-order valence-corrected chi connectivity index (χ1v) is 5.80. The molecule has 2 unspecified atom stereocenters. The molecule has 1 aromatic rings. The Hall–Kier alpha value is -1.35. The number of hydrogen-bond acceptors (Lipinski definition) is 3. The zero-order chi connectivity index (χ0) is 12.8. The van der Waals surface area contributed by atoms with E-state index in [0.29, 0.717) is 5.17 Å². The summed E-state index contributed by atoms with van der Waals surface area (Å²) in [4.78, 5) is 15.3. The van der Waals surface area contributed by atoms with Gasteiger partial charge >= 0.3 is 5.97 Å². The first-order chi connectivity index (χ1) is 8.00. The molecule has 0 fully saturated rings. The molecule has 0 aliphatic rings. The predicted octanol–water partition coefficient (Wildman–Crippen LogP) is 3.34. The van der Waals surface area contributed by atoms with Gasteiger partial charge in [-0.2, -0.15) is 0 Å². The second kappa shape index (κ2) is 6.40. The number of hydrogen-bond donors (Lipinski definition) is 0. The van der Waals surface area contributed by atoms with Crippen LogP contribution in [0.25, 0.3) is 0 Å². The number of esters is 1. The first-order valence-electron chi connectivity index (χ1n) is 5.42. The minimum Gasteiger partial charge on any atom is -0.455 e. The maximum Gasteiger partial charge on any atom is 0.303 e. The molecule has 0 amide bonds. The van der Waals surface area contributed by atoms with E-state index in [2.05, 4.69) is 4.99 Å². The van der Waals surface area contributed by atoms with Crippen LogP contribution in [-0.2, 0) is 9.53 Å². The molecule has 0 bridgehead atoms. The van der Waals surface area contributed by atoms with Crippen LogP contribution in [0, 0.1) is 0 Å². The number of aliphatic imine (C=N–C) groups is 1. The molecular formula is C13H16ClNO2. The fourth-order valence-electron chi connectivity index (χ4n) is 1.61. The molecule has 0 aliphatic carbocycles. The minimum absolute atomic E-state index is 0.209. The fraction of sp³-hybridized carbons (Fsp3) is 0.385. The molecule has 0 aromatic heterocycles. The molecule has 92 valence electrons. The molecular weight excluding hydrogens is 238 g/mol. The second-order valence-corrected chi connectivity index (χ2v) is 4.35. The molecule has 0 saturated heterocycles. The summed E-state index contributed by atoms with van der Waals surface area (Å²) in [5.41, 5.74) is 0.914. The molecule has 0 radical (unpaired) electrons. The standard InChI is InChI=1S/C13H16ClNO2/c1-9(15-10(2)14)13(17-11(3)16)12-7-5-4-6-8-12/h4-9,13H,1-3H3. The Balaban J connectivity index is 2.96. The van der Waals surface area contributed by atoms with Crippen LogP contribution in [0.2, 0.25) is 0 Å².